The third-order valence-corrected chi connectivity index (χ3v) is 4.10. The number of halogens is 2. The molecule has 0 spiro atoms. The van der Waals surface area contributed by atoms with Gasteiger partial charge in [-0.3, -0.25) is 9.59 Å². The molecule has 2 rings (SSSR count). The normalized spacial score (nSPS) is 10.3. The first kappa shape index (κ1) is 16.8. The van der Waals surface area contributed by atoms with E-state index in [2.05, 4.69) is 5.32 Å². The molecule has 116 valence electrons. The Kier molecular flexibility index (Phi) is 6.24. The summed E-state index contributed by atoms with van der Waals surface area (Å²) in [4.78, 5) is 23.2. The van der Waals surface area contributed by atoms with Crippen molar-refractivity contribution in [1.82, 2.24) is 5.32 Å². The molecule has 1 aromatic heterocycles. The fourth-order valence-electron chi connectivity index (χ4n) is 1.67. The van der Waals surface area contributed by atoms with Gasteiger partial charge in [-0.2, -0.15) is 11.3 Å². The Labute approximate surface area is 142 Å². The molecule has 0 saturated carbocycles. The Bertz CT molecular complexity index is 659. The maximum Gasteiger partial charge on any atom is 0.310 e. The summed E-state index contributed by atoms with van der Waals surface area (Å²) in [5.41, 5.74) is 1.62. The first-order chi connectivity index (χ1) is 10.5. The van der Waals surface area contributed by atoms with Crippen LogP contribution in [0, 0.1) is 0 Å². The largest absolute Gasteiger partial charge is 0.455 e. The van der Waals surface area contributed by atoms with E-state index in [4.69, 9.17) is 27.9 Å². The number of carbonyl (C=O) groups is 2. The van der Waals surface area contributed by atoms with Crippen molar-refractivity contribution in [3.8, 4) is 0 Å². The molecular formula is C15H13Cl2NO3S. The molecule has 4 nitrogen and oxygen atoms in total. The maximum absolute atomic E-state index is 11.6. The predicted octanol–water partition coefficient (Wildman–Crippen LogP) is 3.46. The molecule has 0 aliphatic carbocycles. The fourth-order valence-corrected chi connectivity index (χ4v) is 2.81. The number of carbonyl (C=O) groups excluding carboxylic acids is 2. The number of amides is 1. The smallest absolute Gasteiger partial charge is 0.310 e. The average molecular weight is 358 g/mol. The van der Waals surface area contributed by atoms with Crippen molar-refractivity contribution in [2.24, 2.45) is 0 Å². The molecule has 22 heavy (non-hydrogen) atoms. The second-order valence-electron chi connectivity index (χ2n) is 4.48. The van der Waals surface area contributed by atoms with E-state index in [0.29, 0.717) is 10.0 Å². The topological polar surface area (TPSA) is 55.4 Å². The lowest BCUT2D eigenvalue weighted by atomic mass is 10.2. The van der Waals surface area contributed by atoms with Gasteiger partial charge in [0.2, 0.25) is 0 Å². The minimum atomic E-state index is -0.432. The number of hydrogen-bond donors (Lipinski definition) is 1. The van der Waals surface area contributed by atoms with Gasteiger partial charge >= 0.3 is 5.97 Å². The average Bonchev–Trinajstić information content (AvgIpc) is 2.97. The number of thiophene rings is 1. The van der Waals surface area contributed by atoms with Crippen LogP contribution >= 0.6 is 34.5 Å². The van der Waals surface area contributed by atoms with Crippen molar-refractivity contribution in [3.63, 3.8) is 0 Å². The van der Waals surface area contributed by atoms with Crippen LogP contribution in [0.3, 0.4) is 0 Å². The minimum Gasteiger partial charge on any atom is -0.455 e. The molecule has 1 amide bonds. The van der Waals surface area contributed by atoms with Gasteiger partial charge < -0.3 is 10.1 Å². The summed E-state index contributed by atoms with van der Waals surface area (Å²) < 4.78 is 4.91. The van der Waals surface area contributed by atoms with Gasteiger partial charge in [0.15, 0.2) is 6.61 Å². The summed E-state index contributed by atoms with van der Waals surface area (Å²) in [5, 5.41) is 7.38. The highest BCUT2D eigenvalue weighted by molar-refractivity contribution is 7.08. The lowest BCUT2D eigenvalue weighted by Crippen LogP contribution is -2.28. The molecule has 0 aliphatic heterocycles. The molecule has 0 radical (unpaired) electrons. The summed E-state index contributed by atoms with van der Waals surface area (Å²) in [6.45, 7) is -0.0644. The highest BCUT2D eigenvalue weighted by atomic mass is 35.5. The number of rotatable bonds is 6. The molecule has 0 unspecified atom stereocenters. The molecule has 0 atom stereocenters. The van der Waals surface area contributed by atoms with Gasteiger partial charge in [-0.1, -0.05) is 29.3 Å². The van der Waals surface area contributed by atoms with Crippen LogP contribution in [0.25, 0.3) is 0 Å². The van der Waals surface area contributed by atoms with Crippen LogP contribution in [0.4, 0.5) is 0 Å². The molecule has 7 heteroatoms. The van der Waals surface area contributed by atoms with Crippen molar-refractivity contribution in [1.29, 1.82) is 0 Å². The molecular weight excluding hydrogens is 345 g/mol. The van der Waals surface area contributed by atoms with Crippen molar-refractivity contribution < 1.29 is 14.3 Å². The Morgan fingerprint density at radius 3 is 2.73 bits per heavy atom. The monoisotopic (exact) mass is 357 g/mol. The first-order valence-corrected chi connectivity index (χ1v) is 8.12. The Morgan fingerprint density at radius 1 is 1.23 bits per heavy atom. The van der Waals surface area contributed by atoms with E-state index in [1.54, 1.807) is 18.2 Å². The van der Waals surface area contributed by atoms with Gasteiger partial charge in [-0.15, -0.1) is 0 Å². The van der Waals surface area contributed by atoms with Crippen LogP contribution < -0.4 is 5.32 Å². The van der Waals surface area contributed by atoms with Gasteiger partial charge in [0.1, 0.15) is 0 Å². The lowest BCUT2D eigenvalue weighted by Gasteiger charge is -2.08. The van der Waals surface area contributed by atoms with Crippen LogP contribution in [0.15, 0.2) is 35.0 Å². The van der Waals surface area contributed by atoms with Gasteiger partial charge in [0, 0.05) is 16.6 Å². The van der Waals surface area contributed by atoms with E-state index < -0.39 is 5.97 Å². The van der Waals surface area contributed by atoms with Crippen molar-refractivity contribution in [2.75, 3.05) is 6.61 Å². The van der Waals surface area contributed by atoms with Gasteiger partial charge in [0.05, 0.1) is 6.42 Å². The minimum absolute atomic E-state index is 0.166. The van der Waals surface area contributed by atoms with E-state index in [0.717, 1.165) is 11.1 Å². The highest BCUT2D eigenvalue weighted by Crippen LogP contribution is 2.20. The summed E-state index contributed by atoms with van der Waals surface area (Å²) in [6.07, 6.45) is 0.166. The molecule has 0 saturated heterocycles. The van der Waals surface area contributed by atoms with Crippen molar-refractivity contribution >= 4 is 46.4 Å². The van der Waals surface area contributed by atoms with Crippen molar-refractivity contribution in [3.05, 3.63) is 56.2 Å². The zero-order chi connectivity index (χ0) is 15.9. The zero-order valence-electron chi connectivity index (χ0n) is 11.5. The Hall–Kier alpha value is -1.56. The second kappa shape index (κ2) is 8.17. The molecule has 2 aromatic rings. The molecule has 0 bridgehead atoms. The Morgan fingerprint density at radius 2 is 2.05 bits per heavy atom. The highest BCUT2D eigenvalue weighted by Gasteiger charge is 2.09. The second-order valence-corrected chi connectivity index (χ2v) is 6.11. The standard InChI is InChI=1S/C15H13Cl2NO3S/c16-12-2-1-11(13(17)6-12)7-18-14(19)8-21-15(20)5-10-3-4-22-9-10/h1-4,6,9H,5,7-8H2,(H,18,19). The van der Waals surface area contributed by atoms with E-state index in [1.165, 1.54) is 11.3 Å². The number of benzene rings is 1. The molecule has 1 aromatic carbocycles. The van der Waals surface area contributed by atoms with E-state index in [9.17, 15) is 9.59 Å². The SMILES string of the molecule is O=C(COC(=O)Cc1ccsc1)NCc1ccc(Cl)cc1Cl. The first-order valence-electron chi connectivity index (χ1n) is 6.42. The number of esters is 1. The zero-order valence-corrected chi connectivity index (χ0v) is 13.8. The third kappa shape index (κ3) is 5.33. The van der Waals surface area contributed by atoms with Crippen LogP contribution in [0.5, 0.6) is 0 Å². The molecule has 1 heterocycles. The van der Waals surface area contributed by atoms with Gasteiger partial charge in [-0.25, -0.2) is 0 Å². The molecule has 1 N–H and O–H groups in total. The predicted molar refractivity (Wildman–Crippen MR) is 87.3 cm³/mol. The van der Waals surface area contributed by atoms with Crippen LogP contribution in [-0.4, -0.2) is 18.5 Å². The number of ether oxygens (including phenoxy) is 1. The fraction of sp³-hybridized carbons (Fsp3) is 0.200. The quantitative estimate of drug-likeness (QED) is 0.805. The van der Waals surface area contributed by atoms with Crippen molar-refractivity contribution in [2.45, 2.75) is 13.0 Å². The van der Waals surface area contributed by atoms with E-state index in [-0.39, 0.29) is 25.5 Å². The summed E-state index contributed by atoms with van der Waals surface area (Å²) in [6, 6.07) is 6.86. The van der Waals surface area contributed by atoms with E-state index >= 15 is 0 Å². The van der Waals surface area contributed by atoms with Crippen LogP contribution in [-0.2, 0) is 27.3 Å². The van der Waals surface area contributed by atoms with Crippen LogP contribution in [0.1, 0.15) is 11.1 Å². The van der Waals surface area contributed by atoms with Gasteiger partial charge in [0.25, 0.3) is 5.91 Å². The molecule has 0 aliphatic rings. The van der Waals surface area contributed by atoms with Crippen LogP contribution in [0.2, 0.25) is 10.0 Å². The lowest BCUT2D eigenvalue weighted by molar-refractivity contribution is -0.147. The number of nitrogens with one attached hydrogen (secondary N) is 1. The third-order valence-electron chi connectivity index (χ3n) is 2.78. The van der Waals surface area contributed by atoms with Gasteiger partial charge in [-0.05, 0) is 40.1 Å². The summed E-state index contributed by atoms with van der Waals surface area (Å²) in [5.74, 6) is -0.817. The molecule has 0 fully saturated rings. The summed E-state index contributed by atoms with van der Waals surface area (Å²) >= 11 is 13.3. The summed E-state index contributed by atoms with van der Waals surface area (Å²) in [7, 11) is 0. The Balaban J connectivity index is 1.72. The van der Waals surface area contributed by atoms with E-state index in [1.807, 2.05) is 16.8 Å². The number of hydrogen-bond acceptors (Lipinski definition) is 4. The maximum atomic E-state index is 11.6.